The first kappa shape index (κ1) is 46.6. The normalized spacial score (nSPS) is 13.3. The summed E-state index contributed by atoms with van der Waals surface area (Å²) in [5, 5.41) is 19.9. The molecule has 342 valence electrons. The van der Waals surface area contributed by atoms with Gasteiger partial charge in [-0.3, -0.25) is 14.4 Å². The van der Waals surface area contributed by atoms with Crippen molar-refractivity contribution in [3.05, 3.63) is 130 Å². The van der Waals surface area contributed by atoms with Crippen LogP contribution in [0.1, 0.15) is 47.0 Å². The first-order valence-corrected chi connectivity index (χ1v) is 20.8. The van der Waals surface area contributed by atoms with Gasteiger partial charge in [0.15, 0.2) is 0 Å². The Kier molecular flexibility index (Phi) is 15.7. The van der Waals surface area contributed by atoms with E-state index in [2.05, 4.69) is 21.3 Å². The molecule has 7 N–H and O–H groups in total. The quantitative estimate of drug-likeness (QED) is 0.0673. The number of nitrogens with zero attached hydrogens (tertiary/aromatic N) is 3. The first-order valence-electron chi connectivity index (χ1n) is 20.8. The van der Waals surface area contributed by atoms with Gasteiger partial charge < -0.3 is 60.4 Å². The number of fused-ring (bicyclic) bond motifs is 1. The van der Waals surface area contributed by atoms with E-state index in [0.717, 1.165) is 11.6 Å². The Hall–Kier alpha value is -7.90. The fourth-order valence-corrected chi connectivity index (χ4v) is 7.14. The molecule has 6 rings (SSSR count). The molecular weight excluding hydrogens is 848 g/mol. The third-order valence-corrected chi connectivity index (χ3v) is 10.6. The van der Waals surface area contributed by atoms with Gasteiger partial charge in [0.2, 0.25) is 17.2 Å². The zero-order valence-electron chi connectivity index (χ0n) is 35.4. The lowest BCUT2D eigenvalue weighted by molar-refractivity contribution is -0.128. The van der Waals surface area contributed by atoms with E-state index in [4.69, 9.17) is 19.6 Å². The van der Waals surface area contributed by atoms with Crippen LogP contribution in [0.4, 0.5) is 30.1 Å². The fourth-order valence-electron chi connectivity index (χ4n) is 7.14. The number of aryl methyl sites for hydroxylation is 1. The molecule has 1 fully saturated rings. The molecule has 1 saturated heterocycles. The van der Waals surface area contributed by atoms with Crippen LogP contribution in [0, 0.1) is 5.82 Å². The number of piperazine rings is 1. The van der Waals surface area contributed by atoms with E-state index in [1.54, 1.807) is 77.1 Å². The Labute approximate surface area is 371 Å². The van der Waals surface area contributed by atoms with E-state index in [-0.39, 0.29) is 76.3 Å². The summed E-state index contributed by atoms with van der Waals surface area (Å²) in [6.45, 7) is 3.09. The number of nitrogens with two attached hydrogens (primary N) is 1. The van der Waals surface area contributed by atoms with Gasteiger partial charge in [-0.05, 0) is 67.3 Å². The molecular formula is C45H49FN8O11. The smallest absolute Gasteiger partial charge is 0.410 e. The van der Waals surface area contributed by atoms with Crippen LogP contribution in [-0.2, 0) is 45.2 Å². The highest BCUT2D eigenvalue weighted by molar-refractivity contribution is 5.98. The summed E-state index contributed by atoms with van der Waals surface area (Å²) in [6, 6.07) is 18.2. The number of halogens is 1. The Morgan fingerprint density at radius 3 is 2.23 bits per heavy atom. The zero-order chi connectivity index (χ0) is 46.5. The van der Waals surface area contributed by atoms with Crippen LogP contribution in [0.5, 0.6) is 0 Å². The maximum atomic E-state index is 15.4. The Balaban J connectivity index is 1.03. The molecule has 3 heterocycles. The number of primary amides is 1. The Bertz CT molecular complexity index is 2550. The number of carbonyl (C=O) groups excluding carboxylic acids is 5. The van der Waals surface area contributed by atoms with Crippen LogP contribution in [0.3, 0.4) is 0 Å². The van der Waals surface area contributed by atoms with Crippen molar-refractivity contribution >= 4 is 58.3 Å². The number of furan rings is 1. The minimum absolute atomic E-state index is 0.0363. The monoisotopic (exact) mass is 896 g/mol. The van der Waals surface area contributed by atoms with Crippen LogP contribution >= 0.6 is 0 Å². The highest BCUT2D eigenvalue weighted by Gasteiger charge is 2.29. The second kappa shape index (κ2) is 21.9. The molecule has 6 amide bonds. The number of hydrogen-bond acceptors (Lipinski definition) is 11. The van der Waals surface area contributed by atoms with E-state index in [1.165, 1.54) is 23.4 Å². The summed E-state index contributed by atoms with van der Waals surface area (Å²) in [5.41, 5.74) is 6.31. The van der Waals surface area contributed by atoms with Crippen molar-refractivity contribution in [2.24, 2.45) is 5.73 Å². The summed E-state index contributed by atoms with van der Waals surface area (Å²) in [5.74, 6) is -2.96. The predicted molar refractivity (Wildman–Crippen MR) is 235 cm³/mol. The van der Waals surface area contributed by atoms with Crippen LogP contribution in [-0.4, -0.2) is 95.4 Å². The number of anilines is 2. The largest absolute Gasteiger partial charge is 0.477 e. The van der Waals surface area contributed by atoms with Gasteiger partial charge >= 0.3 is 24.2 Å². The van der Waals surface area contributed by atoms with Gasteiger partial charge in [0.05, 0.1) is 17.5 Å². The van der Waals surface area contributed by atoms with E-state index < -0.39 is 64.9 Å². The summed E-state index contributed by atoms with van der Waals surface area (Å²) in [6.07, 6.45) is 1.52. The second-order valence-electron chi connectivity index (χ2n) is 15.0. The van der Waals surface area contributed by atoms with Gasteiger partial charge in [0, 0.05) is 63.0 Å². The van der Waals surface area contributed by atoms with Gasteiger partial charge in [-0.25, -0.2) is 23.6 Å². The highest BCUT2D eigenvalue weighted by Crippen LogP contribution is 2.27. The number of amides is 6. The summed E-state index contributed by atoms with van der Waals surface area (Å²) in [4.78, 5) is 92.0. The van der Waals surface area contributed by atoms with Crippen LogP contribution in [0.15, 0.2) is 101 Å². The van der Waals surface area contributed by atoms with Gasteiger partial charge in [0.25, 0.3) is 0 Å². The molecule has 65 heavy (non-hydrogen) atoms. The number of carboxylic acids is 1. The number of carbonyl (C=O) groups is 6. The molecule has 0 radical (unpaired) electrons. The van der Waals surface area contributed by atoms with Crippen molar-refractivity contribution in [3.63, 3.8) is 0 Å². The topological polar surface area (TPSA) is 257 Å². The van der Waals surface area contributed by atoms with E-state index >= 15 is 4.39 Å². The average Bonchev–Trinajstić information content (AvgIpc) is 3.82. The minimum Gasteiger partial charge on any atom is -0.477 e. The maximum absolute atomic E-state index is 15.4. The molecule has 1 aliphatic rings. The number of pyridine rings is 1. The Morgan fingerprint density at radius 1 is 0.862 bits per heavy atom. The number of carboxylic acid groups (broad SMARTS) is 1. The summed E-state index contributed by atoms with van der Waals surface area (Å²) < 4.78 is 33.2. The number of alkyl carbamates (subject to hydrolysis) is 1. The lowest BCUT2D eigenvalue weighted by Gasteiger charge is -2.35. The second-order valence-corrected chi connectivity index (χ2v) is 15.0. The predicted octanol–water partition coefficient (Wildman–Crippen LogP) is 4.32. The molecule has 5 aromatic rings. The maximum Gasteiger partial charge on any atom is 0.410 e. The zero-order valence-corrected chi connectivity index (χ0v) is 35.4. The molecule has 2 atom stereocenters. The van der Waals surface area contributed by atoms with Crippen LogP contribution in [0.25, 0.3) is 10.9 Å². The van der Waals surface area contributed by atoms with Gasteiger partial charge in [-0.15, -0.1) is 0 Å². The summed E-state index contributed by atoms with van der Waals surface area (Å²) in [7, 11) is 0. The lowest BCUT2D eigenvalue weighted by Crippen LogP contribution is -2.53. The fraction of sp³-hybridized carbons (Fsp3) is 0.311. The third kappa shape index (κ3) is 12.6. The van der Waals surface area contributed by atoms with Crippen molar-refractivity contribution in [1.82, 2.24) is 25.4 Å². The van der Waals surface area contributed by atoms with Crippen LogP contribution < -0.4 is 37.3 Å². The number of nitrogens with one attached hydrogen (secondary N) is 4. The number of hydrogen-bond donors (Lipinski definition) is 6. The molecule has 20 heteroatoms. The number of urea groups is 1. The van der Waals surface area contributed by atoms with Crippen LogP contribution in [0.2, 0.25) is 0 Å². The third-order valence-electron chi connectivity index (χ3n) is 10.6. The van der Waals surface area contributed by atoms with E-state index in [1.807, 2.05) is 6.07 Å². The number of benzene rings is 3. The minimum atomic E-state index is -1.39. The SMILES string of the molecule is CCn1cc(C(=O)O)c(=O)c2cc(F)c(N3CCN(C(=O)OCc4ccc(NC(=O)C(CCCNC(N)=O)NC(=O)C(Cc5ccco5)NC(=O)OCc5ccccc5)cc4)CC3)cc21. The number of aromatic carboxylic acids is 1. The number of rotatable bonds is 18. The average molecular weight is 897 g/mol. The molecule has 0 aliphatic carbocycles. The lowest BCUT2D eigenvalue weighted by atomic mass is 10.1. The molecule has 19 nitrogen and oxygen atoms in total. The number of aromatic nitrogens is 1. The van der Waals surface area contributed by atoms with Gasteiger partial charge in [-0.2, -0.15) is 0 Å². The molecule has 2 unspecified atom stereocenters. The molecule has 0 spiro atoms. The first-order chi connectivity index (χ1) is 31.3. The molecule has 2 aromatic heterocycles. The van der Waals surface area contributed by atoms with Gasteiger partial charge in [-0.1, -0.05) is 42.5 Å². The summed E-state index contributed by atoms with van der Waals surface area (Å²) >= 11 is 0. The Morgan fingerprint density at radius 2 is 1.57 bits per heavy atom. The molecule has 0 saturated carbocycles. The molecule has 1 aliphatic heterocycles. The number of ether oxygens (including phenoxy) is 2. The van der Waals surface area contributed by atoms with Crippen molar-refractivity contribution < 1.29 is 52.2 Å². The van der Waals surface area contributed by atoms with Crippen molar-refractivity contribution in [1.29, 1.82) is 0 Å². The van der Waals surface area contributed by atoms with Crippen molar-refractivity contribution in [2.45, 2.75) is 58.0 Å². The van der Waals surface area contributed by atoms with Gasteiger partial charge in [0.1, 0.15) is 42.4 Å². The van der Waals surface area contributed by atoms with E-state index in [9.17, 15) is 38.7 Å². The molecule has 3 aromatic carbocycles. The standard InChI is InChI=1S/C45H49FN8O11/c1-2-52-25-33(42(58)59)39(55)32-23-34(46)38(24-37(32)52)53-17-19-54(20-18-53)45(62)65-27-29-12-14-30(15-13-29)49-40(56)35(11-6-16-48-43(47)60)50-41(57)36(22-31-10-7-21-63-31)51-44(61)64-26-28-8-4-3-5-9-28/h3-5,7-10,12-15,21,23-25,35-36H,2,6,11,16-20,22,26-27H2,1H3,(H,49,56)(H,50,57)(H,51,61)(H,58,59)(H3,47,48,60). The van der Waals surface area contributed by atoms with Crippen molar-refractivity contribution in [2.75, 3.05) is 42.9 Å². The van der Waals surface area contributed by atoms with Crippen molar-refractivity contribution in [3.8, 4) is 0 Å². The molecule has 0 bridgehead atoms. The van der Waals surface area contributed by atoms with E-state index in [0.29, 0.717) is 29.1 Å². The highest BCUT2D eigenvalue weighted by atomic mass is 19.1.